The molecule has 0 radical (unpaired) electrons. The van der Waals surface area contributed by atoms with Crippen LogP contribution < -0.4 is 0 Å². The fourth-order valence-electron chi connectivity index (χ4n) is 5.83. The number of nitrogens with zero attached hydrogens (tertiary/aromatic N) is 3. The molecule has 2 heterocycles. The minimum absolute atomic E-state index is 0.728. The van der Waals surface area contributed by atoms with Crippen LogP contribution in [0.3, 0.4) is 0 Å². The molecule has 3 heteroatoms. The average Bonchev–Trinajstić information content (AvgIpc) is 2.96. The summed E-state index contributed by atoms with van der Waals surface area (Å²) in [6.07, 6.45) is 7.48. The molecule has 0 amide bonds. The Bertz CT molecular complexity index is 409. The van der Waals surface area contributed by atoms with E-state index in [0.29, 0.717) is 0 Å². The Labute approximate surface area is 143 Å². The van der Waals surface area contributed by atoms with E-state index in [1.807, 2.05) is 0 Å². The number of hydrogen-bond acceptors (Lipinski definition) is 3. The van der Waals surface area contributed by atoms with Gasteiger partial charge >= 0.3 is 0 Å². The fraction of sp³-hybridized carbons (Fsp3) is 1.00. The van der Waals surface area contributed by atoms with Gasteiger partial charge in [-0.1, -0.05) is 13.8 Å². The first-order valence-electron chi connectivity index (χ1n) is 10.2. The van der Waals surface area contributed by atoms with E-state index in [-0.39, 0.29) is 0 Å². The Morgan fingerprint density at radius 2 is 1.78 bits per heavy atom. The number of likely N-dealkylation sites (tertiary alicyclic amines) is 1. The Morgan fingerprint density at radius 3 is 2.35 bits per heavy atom. The van der Waals surface area contributed by atoms with Crippen molar-refractivity contribution in [1.82, 2.24) is 14.7 Å². The van der Waals surface area contributed by atoms with Crippen LogP contribution in [-0.2, 0) is 0 Å². The first-order chi connectivity index (χ1) is 11.0. The minimum atomic E-state index is 0.728. The van der Waals surface area contributed by atoms with Crippen molar-refractivity contribution in [3.63, 3.8) is 0 Å². The quantitative estimate of drug-likeness (QED) is 0.745. The van der Waals surface area contributed by atoms with E-state index < -0.39 is 0 Å². The molecule has 0 aromatic carbocycles. The number of likely N-dealkylation sites (N-methyl/N-ethyl adjacent to an activating group) is 1. The van der Waals surface area contributed by atoms with Gasteiger partial charge in [0.25, 0.3) is 0 Å². The van der Waals surface area contributed by atoms with Crippen LogP contribution in [0.25, 0.3) is 0 Å². The molecule has 4 fully saturated rings. The fourth-order valence-corrected chi connectivity index (χ4v) is 5.83. The molecule has 132 valence electrons. The van der Waals surface area contributed by atoms with Gasteiger partial charge in [0.1, 0.15) is 0 Å². The molecule has 3 atom stereocenters. The molecular formula is C20H37N3. The summed E-state index contributed by atoms with van der Waals surface area (Å²) in [5.74, 6) is 2.89. The zero-order valence-electron chi connectivity index (χ0n) is 15.6. The Hall–Kier alpha value is -0.120. The van der Waals surface area contributed by atoms with Gasteiger partial charge in [0.2, 0.25) is 0 Å². The average molecular weight is 320 g/mol. The predicted molar refractivity (Wildman–Crippen MR) is 96.6 cm³/mol. The number of piperidine rings is 1. The molecule has 4 rings (SSSR count). The van der Waals surface area contributed by atoms with Crippen molar-refractivity contribution < 1.29 is 0 Å². The van der Waals surface area contributed by atoms with Crippen molar-refractivity contribution in [1.29, 1.82) is 0 Å². The van der Waals surface area contributed by atoms with Gasteiger partial charge in [-0.05, 0) is 62.3 Å². The SMILES string of the molecule is CC(C)CC1(CN2C[C@@H]3C[C@H]2C[C@H]3CN2CCN(C)CC2)CC1. The van der Waals surface area contributed by atoms with Gasteiger partial charge in [-0.15, -0.1) is 0 Å². The standard InChI is InChI=1S/C20H37N3/c1-16(2)12-20(4-5-20)15-23-14-18-11-19(23)10-17(18)13-22-8-6-21(3)7-9-22/h16-19H,4-15H2,1-3H3/t17-,18-,19+/m0/s1. The zero-order valence-corrected chi connectivity index (χ0v) is 15.6. The van der Waals surface area contributed by atoms with Gasteiger partial charge in [-0.3, -0.25) is 4.90 Å². The summed E-state index contributed by atoms with van der Waals surface area (Å²) in [4.78, 5) is 8.13. The van der Waals surface area contributed by atoms with Crippen LogP contribution in [0.2, 0.25) is 0 Å². The van der Waals surface area contributed by atoms with Gasteiger partial charge in [0, 0.05) is 51.9 Å². The molecule has 23 heavy (non-hydrogen) atoms. The molecule has 0 unspecified atom stereocenters. The maximum absolute atomic E-state index is 2.90. The van der Waals surface area contributed by atoms with E-state index >= 15 is 0 Å². The second kappa shape index (κ2) is 6.31. The predicted octanol–water partition coefficient (Wildman–Crippen LogP) is 2.77. The van der Waals surface area contributed by atoms with E-state index in [0.717, 1.165) is 29.2 Å². The van der Waals surface area contributed by atoms with E-state index in [2.05, 4.69) is 35.6 Å². The highest BCUT2D eigenvalue weighted by molar-refractivity contribution is 5.03. The van der Waals surface area contributed by atoms with E-state index in [9.17, 15) is 0 Å². The van der Waals surface area contributed by atoms with Crippen molar-refractivity contribution in [2.45, 2.75) is 52.0 Å². The lowest BCUT2D eigenvalue weighted by atomic mass is 9.90. The molecule has 4 aliphatic rings. The molecule has 0 aromatic heterocycles. The van der Waals surface area contributed by atoms with Gasteiger partial charge < -0.3 is 9.80 Å². The summed E-state index contributed by atoms with van der Waals surface area (Å²) in [5, 5.41) is 0. The Kier molecular flexibility index (Phi) is 4.49. The molecule has 0 N–H and O–H groups in total. The molecule has 2 aliphatic heterocycles. The lowest BCUT2D eigenvalue weighted by Crippen LogP contribution is -2.48. The van der Waals surface area contributed by atoms with Crippen molar-refractivity contribution in [3.05, 3.63) is 0 Å². The molecule has 3 nitrogen and oxygen atoms in total. The van der Waals surface area contributed by atoms with Crippen LogP contribution in [0.15, 0.2) is 0 Å². The maximum Gasteiger partial charge on any atom is 0.0110 e. The molecule has 0 aromatic rings. The van der Waals surface area contributed by atoms with E-state index in [1.54, 1.807) is 0 Å². The molecule has 2 saturated carbocycles. The maximum atomic E-state index is 2.90. The van der Waals surface area contributed by atoms with Crippen molar-refractivity contribution in [2.24, 2.45) is 23.2 Å². The van der Waals surface area contributed by atoms with E-state index in [1.165, 1.54) is 77.9 Å². The summed E-state index contributed by atoms with van der Waals surface area (Å²) in [7, 11) is 2.26. The minimum Gasteiger partial charge on any atom is -0.304 e. The molecule has 2 bridgehead atoms. The number of piperazine rings is 1. The third-order valence-corrected chi connectivity index (χ3v) is 7.23. The van der Waals surface area contributed by atoms with Crippen LogP contribution >= 0.6 is 0 Å². The van der Waals surface area contributed by atoms with Crippen LogP contribution in [-0.4, -0.2) is 73.6 Å². The second-order valence-electron chi connectivity index (χ2n) is 9.78. The van der Waals surface area contributed by atoms with Crippen molar-refractivity contribution in [2.75, 3.05) is 52.9 Å². The lowest BCUT2D eigenvalue weighted by Gasteiger charge is -2.38. The summed E-state index contributed by atoms with van der Waals surface area (Å²) in [6.45, 7) is 14.2. The molecule has 0 spiro atoms. The smallest absolute Gasteiger partial charge is 0.0110 e. The largest absolute Gasteiger partial charge is 0.304 e. The second-order valence-corrected chi connectivity index (χ2v) is 9.78. The first-order valence-corrected chi connectivity index (χ1v) is 10.2. The zero-order chi connectivity index (χ0) is 16.0. The number of rotatable bonds is 6. The summed E-state index contributed by atoms with van der Waals surface area (Å²) in [6, 6.07) is 0.933. The monoisotopic (exact) mass is 319 g/mol. The van der Waals surface area contributed by atoms with Crippen LogP contribution in [0, 0.1) is 23.2 Å². The summed E-state index contributed by atoms with van der Waals surface area (Å²) >= 11 is 0. The number of hydrogen-bond donors (Lipinski definition) is 0. The molecule has 2 aliphatic carbocycles. The topological polar surface area (TPSA) is 9.72 Å². The summed E-state index contributed by atoms with van der Waals surface area (Å²) in [5.41, 5.74) is 0.728. The Balaban J connectivity index is 1.25. The Morgan fingerprint density at radius 1 is 1.04 bits per heavy atom. The van der Waals surface area contributed by atoms with Gasteiger partial charge in [0.05, 0.1) is 0 Å². The van der Waals surface area contributed by atoms with Crippen molar-refractivity contribution >= 4 is 0 Å². The highest BCUT2D eigenvalue weighted by Crippen LogP contribution is 2.53. The van der Waals surface area contributed by atoms with Crippen molar-refractivity contribution in [3.8, 4) is 0 Å². The number of fused-ring (bicyclic) bond motifs is 2. The van der Waals surface area contributed by atoms with Crippen LogP contribution in [0.1, 0.15) is 46.0 Å². The third kappa shape index (κ3) is 3.62. The van der Waals surface area contributed by atoms with Gasteiger partial charge in [-0.25, -0.2) is 0 Å². The lowest BCUT2D eigenvalue weighted by molar-refractivity contribution is 0.0914. The van der Waals surface area contributed by atoms with Crippen LogP contribution in [0.4, 0.5) is 0 Å². The normalized spacial score (nSPS) is 37.8. The van der Waals surface area contributed by atoms with Gasteiger partial charge in [0.15, 0.2) is 0 Å². The third-order valence-electron chi connectivity index (χ3n) is 7.23. The first kappa shape index (κ1) is 16.4. The van der Waals surface area contributed by atoms with Crippen LogP contribution in [0.5, 0.6) is 0 Å². The highest BCUT2D eigenvalue weighted by atomic mass is 15.3. The summed E-state index contributed by atoms with van der Waals surface area (Å²) < 4.78 is 0. The molecule has 2 saturated heterocycles. The van der Waals surface area contributed by atoms with E-state index in [4.69, 9.17) is 0 Å². The highest BCUT2D eigenvalue weighted by Gasteiger charge is 2.50. The van der Waals surface area contributed by atoms with Gasteiger partial charge in [-0.2, -0.15) is 0 Å². The molecular weight excluding hydrogens is 282 g/mol.